The fourth-order valence-corrected chi connectivity index (χ4v) is 1.51. The zero-order chi connectivity index (χ0) is 10.7. The van der Waals surface area contributed by atoms with Gasteiger partial charge in [0.05, 0.1) is 6.04 Å². The van der Waals surface area contributed by atoms with Gasteiger partial charge in [0.25, 0.3) is 0 Å². The van der Waals surface area contributed by atoms with Crippen molar-refractivity contribution in [2.45, 2.75) is 25.8 Å². The average Bonchev–Trinajstić information content (AvgIpc) is 3.05. The summed E-state index contributed by atoms with van der Waals surface area (Å²) in [7, 11) is 1.96. The zero-order valence-electron chi connectivity index (χ0n) is 9.38. The van der Waals surface area contributed by atoms with Crippen LogP contribution in [0, 0.1) is 24.7 Å². The first kappa shape index (κ1) is 10.3. The Morgan fingerprint density at radius 1 is 1.27 bits per heavy atom. The predicted molar refractivity (Wildman–Crippen MR) is 63.5 cm³/mol. The topological polar surface area (TPSA) is 12.0 Å². The van der Waals surface area contributed by atoms with Crippen molar-refractivity contribution in [2.24, 2.45) is 5.92 Å². The van der Waals surface area contributed by atoms with E-state index in [1.165, 1.54) is 24.0 Å². The maximum Gasteiger partial charge on any atom is 0.0943 e. The van der Waals surface area contributed by atoms with E-state index in [1.54, 1.807) is 0 Å². The van der Waals surface area contributed by atoms with Crippen LogP contribution in [0.15, 0.2) is 24.3 Å². The highest BCUT2D eigenvalue weighted by molar-refractivity contribution is 5.30. The van der Waals surface area contributed by atoms with E-state index in [-0.39, 0.29) is 6.04 Å². The number of benzene rings is 1. The first-order chi connectivity index (χ1) is 7.29. The van der Waals surface area contributed by atoms with Gasteiger partial charge in [0.1, 0.15) is 0 Å². The van der Waals surface area contributed by atoms with E-state index in [2.05, 4.69) is 48.3 Å². The lowest BCUT2D eigenvalue weighted by atomic mass is 10.1. The molecule has 0 spiro atoms. The summed E-state index contributed by atoms with van der Waals surface area (Å²) in [5.74, 6) is 7.29. The van der Waals surface area contributed by atoms with Crippen LogP contribution in [0.25, 0.3) is 0 Å². The first-order valence-corrected chi connectivity index (χ1v) is 5.54. The van der Waals surface area contributed by atoms with Gasteiger partial charge in [-0.15, -0.1) is 0 Å². The Bertz CT molecular complexity index is 376. The molecule has 1 aromatic rings. The molecule has 1 saturated carbocycles. The summed E-state index contributed by atoms with van der Waals surface area (Å²) in [6, 6.07) is 8.76. The van der Waals surface area contributed by atoms with Crippen LogP contribution in [0.5, 0.6) is 0 Å². The predicted octanol–water partition coefficient (Wildman–Crippen LogP) is 2.67. The van der Waals surface area contributed by atoms with Crippen molar-refractivity contribution in [1.82, 2.24) is 5.32 Å². The van der Waals surface area contributed by atoms with E-state index in [9.17, 15) is 0 Å². The fourth-order valence-electron chi connectivity index (χ4n) is 1.51. The molecule has 0 saturated heterocycles. The highest BCUT2D eigenvalue weighted by Gasteiger charge is 2.18. The van der Waals surface area contributed by atoms with Crippen LogP contribution < -0.4 is 5.32 Å². The van der Waals surface area contributed by atoms with Crippen LogP contribution in [-0.2, 0) is 0 Å². The number of rotatable bonds is 2. The average molecular weight is 199 g/mol. The standard InChI is InChI=1S/C14H17N/c1-11-3-8-13(9-4-11)14(15-2)10-7-12-5-6-12/h3-4,8-9,12,14-15H,5-6H2,1-2H3. The molecule has 15 heavy (non-hydrogen) atoms. The number of aryl methyl sites for hydroxylation is 1. The minimum absolute atomic E-state index is 0.186. The van der Waals surface area contributed by atoms with Gasteiger partial charge in [-0.1, -0.05) is 41.7 Å². The summed E-state index contributed by atoms with van der Waals surface area (Å²) in [5.41, 5.74) is 2.56. The molecule has 1 N–H and O–H groups in total. The Hall–Kier alpha value is -1.26. The molecule has 1 nitrogen and oxygen atoms in total. The first-order valence-electron chi connectivity index (χ1n) is 5.54. The van der Waals surface area contributed by atoms with Crippen molar-refractivity contribution in [1.29, 1.82) is 0 Å². The lowest BCUT2D eigenvalue weighted by Crippen LogP contribution is -2.14. The molecule has 1 aliphatic rings. The van der Waals surface area contributed by atoms with Crippen molar-refractivity contribution in [2.75, 3.05) is 7.05 Å². The molecule has 1 fully saturated rings. The van der Waals surface area contributed by atoms with Gasteiger partial charge in [-0.25, -0.2) is 0 Å². The molecule has 0 radical (unpaired) electrons. The van der Waals surface area contributed by atoms with Crippen molar-refractivity contribution < 1.29 is 0 Å². The molecular formula is C14H17N. The SMILES string of the molecule is CNC(C#CC1CC1)c1ccc(C)cc1. The lowest BCUT2D eigenvalue weighted by Gasteiger charge is -2.09. The molecule has 1 unspecified atom stereocenters. The molecule has 1 aromatic carbocycles. The molecule has 2 rings (SSSR count). The monoisotopic (exact) mass is 199 g/mol. The Morgan fingerprint density at radius 3 is 2.47 bits per heavy atom. The molecule has 78 valence electrons. The Balaban J connectivity index is 2.12. The van der Waals surface area contributed by atoms with Crippen molar-refractivity contribution >= 4 is 0 Å². The molecule has 1 heteroatoms. The van der Waals surface area contributed by atoms with Crippen molar-refractivity contribution in [3.05, 3.63) is 35.4 Å². The van der Waals surface area contributed by atoms with E-state index >= 15 is 0 Å². The van der Waals surface area contributed by atoms with E-state index in [4.69, 9.17) is 0 Å². The van der Waals surface area contributed by atoms with Crippen LogP contribution in [0.1, 0.15) is 30.0 Å². The Labute approximate surface area is 91.9 Å². The number of nitrogens with one attached hydrogen (secondary N) is 1. The summed E-state index contributed by atoms with van der Waals surface area (Å²) in [6.45, 7) is 2.11. The van der Waals surface area contributed by atoms with Gasteiger partial charge in [-0.2, -0.15) is 0 Å². The third-order valence-electron chi connectivity index (χ3n) is 2.71. The van der Waals surface area contributed by atoms with Crippen LogP contribution in [-0.4, -0.2) is 7.05 Å². The molecule has 0 heterocycles. The van der Waals surface area contributed by atoms with E-state index in [0.717, 1.165) is 0 Å². The lowest BCUT2D eigenvalue weighted by molar-refractivity contribution is 0.734. The summed E-state index contributed by atoms with van der Waals surface area (Å²) < 4.78 is 0. The molecule has 0 aliphatic heterocycles. The van der Waals surface area contributed by atoms with Crippen LogP contribution in [0.3, 0.4) is 0 Å². The van der Waals surface area contributed by atoms with Gasteiger partial charge in [0.2, 0.25) is 0 Å². The van der Waals surface area contributed by atoms with Gasteiger partial charge >= 0.3 is 0 Å². The molecule has 0 aromatic heterocycles. The number of hydrogen-bond acceptors (Lipinski definition) is 1. The second-order valence-corrected chi connectivity index (χ2v) is 4.20. The van der Waals surface area contributed by atoms with E-state index in [1.807, 2.05) is 7.05 Å². The van der Waals surface area contributed by atoms with Crippen LogP contribution in [0.4, 0.5) is 0 Å². The van der Waals surface area contributed by atoms with Crippen LogP contribution >= 0.6 is 0 Å². The van der Waals surface area contributed by atoms with Gasteiger partial charge in [0.15, 0.2) is 0 Å². The zero-order valence-corrected chi connectivity index (χ0v) is 9.38. The van der Waals surface area contributed by atoms with Gasteiger partial charge in [-0.3, -0.25) is 0 Å². The second kappa shape index (κ2) is 4.51. The van der Waals surface area contributed by atoms with Crippen molar-refractivity contribution in [3.8, 4) is 11.8 Å². The minimum atomic E-state index is 0.186. The van der Waals surface area contributed by atoms with Gasteiger partial charge in [0, 0.05) is 5.92 Å². The Kier molecular flexibility index (Phi) is 3.08. The Morgan fingerprint density at radius 2 is 1.93 bits per heavy atom. The minimum Gasteiger partial charge on any atom is -0.303 e. The summed E-state index contributed by atoms with van der Waals surface area (Å²) >= 11 is 0. The van der Waals surface area contributed by atoms with Gasteiger partial charge < -0.3 is 5.32 Å². The second-order valence-electron chi connectivity index (χ2n) is 4.20. The van der Waals surface area contributed by atoms with Gasteiger partial charge in [-0.05, 0) is 32.4 Å². The molecular weight excluding hydrogens is 182 g/mol. The van der Waals surface area contributed by atoms with Crippen LogP contribution in [0.2, 0.25) is 0 Å². The molecule has 0 amide bonds. The largest absolute Gasteiger partial charge is 0.303 e. The quantitative estimate of drug-likeness (QED) is 0.722. The maximum atomic E-state index is 3.31. The highest BCUT2D eigenvalue weighted by atomic mass is 14.9. The molecule has 0 bridgehead atoms. The third kappa shape index (κ3) is 2.84. The fraction of sp³-hybridized carbons (Fsp3) is 0.429. The third-order valence-corrected chi connectivity index (χ3v) is 2.71. The summed E-state index contributed by atoms with van der Waals surface area (Å²) in [5, 5.41) is 3.25. The van der Waals surface area contributed by atoms with Crippen molar-refractivity contribution in [3.63, 3.8) is 0 Å². The molecule has 1 aliphatic carbocycles. The maximum absolute atomic E-state index is 3.31. The summed E-state index contributed by atoms with van der Waals surface area (Å²) in [4.78, 5) is 0. The number of hydrogen-bond donors (Lipinski definition) is 1. The summed E-state index contributed by atoms with van der Waals surface area (Å²) in [6.07, 6.45) is 2.58. The highest BCUT2D eigenvalue weighted by Crippen LogP contribution is 2.28. The molecule has 1 atom stereocenters. The normalized spacial score (nSPS) is 16.7. The smallest absolute Gasteiger partial charge is 0.0943 e. The van der Waals surface area contributed by atoms with E-state index in [0.29, 0.717) is 5.92 Å². The van der Waals surface area contributed by atoms with E-state index < -0.39 is 0 Å².